The fraction of sp³-hybridized carbons (Fsp3) is 0.533. The predicted octanol–water partition coefficient (Wildman–Crippen LogP) is 2.40. The van der Waals surface area contributed by atoms with Gasteiger partial charge in [-0.15, -0.1) is 0 Å². The summed E-state index contributed by atoms with van der Waals surface area (Å²) in [5, 5.41) is 2.98. The van der Waals surface area contributed by atoms with E-state index in [0.717, 1.165) is 30.7 Å². The first-order chi connectivity index (χ1) is 9.26. The summed E-state index contributed by atoms with van der Waals surface area (Å²) in [5.41, 5.74) is 6.48. The van der Waals surface area contributed by atoms with Gasteiger partial charge in [-0.2, -0.15) is 0 Å². The van der Waals surface area contributed by atoms with Crippen molar-refractivity contribution in [3.05, 3.63) is 24.3 Å². The Bertz CT molecular complexity index is 434. The second-order valence-corrected chi connectivity index (χ2v) is 4.95. The zero-order chi connectivity index (χ0) is 13.7. The normalized spacial score (nSPS) is 22.2. The minimum Gasteiger partial charge on any atom is -0.492 e. The maximum absolute atomic E-state index is 12.3. The monoisotopic (exact) mass is 262 g/mol. The van der Waals surface area contributed by atoms with Crippen molar-refractivity contribution < 1.29 is 9.53 Å². The molecule has 4 heteroatoms. The first-order valence-corrected chi connectivity index (χ1v) is 6.99. The van der Waals surface area contributed by atoms with E-state index in [9.17, 15) is 4.79 Å². The van der Waals surface area contributed by atoms with Crippen LogP contribution < -0.4 is 15.8 Å². The van der Waals surface area contributed by atoms with Gasteiger partial charge in [-0.05, 0) is 44.4 Å². The SMILES string of the molecule is CCOc1ccccc1NC(=O)[C@@H]1CCC[C@@H]1CN. The molecule has 1 saturated carbocycles. The fourth-order valence-electron chi connectivity index (χ4n) is 2.74. The molecule has 1 aliphatic carbocycles. The highest BCUT2D eigenvalue weighted by atomic mass is 16.5. The van der Waals surface area contributed by atoms with Crippen LogP contribution in [0.1, 0.15) is 26.2 Å². The third kappa shape index (κ3) is 3.26. The molecule has 1 aromatic rings. The highest BCUT2D eigenvalue weighted by Crippen LogP contribution is 2.33. The van der Waals surface area contributed by atoms with Gasteiger partial charge in [0.1, 0.15) is 5.75 Å². The summed E-state index contributed by atoms with van der Waals surface area (Å²) in [5.74, 6) is 1.15. The van der Waals surface area contributed by atoms with Gasteiger partial charge in [0.05, 0.1) is 12.3 Å². The standard InChI is InChI=1S/C15H22N2O2/c1-2-19-14-9-4-3-8-13(14)17-15(18)12-7-5-6-11(12)10-16/h3-4,8-9,11-12H,2,5-7,10,16H2,1H3,(H,17,18)/t11-,12-/m1/s1. The third-order valence-corrected chi connectivity index (χ3v) is 3.74. The van der Waals surface area contributed by atoms with Crippen LogP contribution in [0.15, 0.2) is 24.3 Å². The second-order valence-electron chi connectivity index (χ2n) is 4.95. The number of anilines is 1. The van der Waals surface area contributed by atoms with Gasteiger partial charge in [0.15, 0.2) is 0 Å². The lowest BCUT2D eigenvalue weighted by molar-refractivity contribution is -0.120. The zero-order valence-electron chi connectivity index (χ0n) is 11.4. The van der Waals surface area contributed by atoms with Crippen molar-refractivity contribution in [2.24, 2.45) is 17.6 Å². The molecule has 104 valence electrons. The number of nitrogens with two attached hydrogens (primary N) is 1. The maximum Gasteiger partial charge on any atom is 0.227 e. The van der Waals surface area contributed by atoms with Gasteiger partial charge in [-0.1, -0.05) is 18.6 Å². The van der Waals surface area contributed by atoms with Crippen LogP contribution in [-0.4, -0.2) is 19.1 Å². The summed E-state index contributed by atoms with van der Waals surface area (Å²) >= 11 is 0. The third-order valence-electron chi connectivity index (χ3n) is 3.74. The van der Waals surface area contributed by atoms with Crippen LogP contribution in [0, 0.1) is 11.8 Å². The minimum absolute atomic E-state index is 0.0414. The number of carbonyl (C=O) groups excluding carboxylic acids is 1. The lowest BCUT2D eigenvalue weighted by Gasteiger charge is -2.18. The molecule has 0 heterocycles. The molecule has 0 saturated heterocycles. The number of rotatable bonds is 5. The van der Waals surface area contributed by atoms with Gasteiger partial charge in [0.2, 0.25) is 5.91 Å². The first-order valence-electron chi connectivity index (χ1n) is 6.99. The fourth-order valence-corrected chi connectivity index (χ4v) is 2.74. The van der Waals surface area contributed by atoms with Crippen molar-refractivity contribution in [2.45, 2.75) is 26.2 Å². The Morgan fingerprint density at radius 3 is 2.95 bits per heavy atom. The molecular weight excluding hydrogens is 240 g/mol. The molecule has 2 atom stereocenters. The van der Waals surface area contributed by atoms with Gasteiger partial charge in [0.25, 0.3) is 0 Å². The Kier molecular flexibility index (Phi) is 4.80. The van der Waals surface area contributed by atoms with Gasteiger partial charge in [-0.3, -0.25) is 4.79 Å². The van der Waals surface area contributed by atoms with Crippen LogP contribution in [-0.2, 0) is 4.79 Å². The number of carbonyl (C=O) groups is 1. The van der Waals surface area contributed by atoms with Crippen molar-refractivity contribution in [1.82, 2.24) is 0 Å². The summed E-state index contributed by atoms with van der Waals surface area (Å²) in [4.78, 5) is 12.3. The van der Waals surface area contributed by atoms with Gasteiger partial charge in [-0.25, -0.2) is 0 Å². The highest BCUT2D eigenvalue weighted by Gasteiger charge is 2.32. The Morgan fingerprint density at radius 1 is 1.42 bits per heavy atom. The van der Waals surface area contributed by atoms with Gasteiger partial charge >= 0.3 is 0 Å². The molecule has 1 aliphatic rings. The molecule has 19 heavy (non-hydrogen) atoms. The van der Waals surface area contributed by atoms with Crippen LogP contribution in [0.5, 0.6) is 5.75 Å². The van der Waals surface area contributed by atoms with E-state index in [1.165, 1.54) is 0 Å². The molecule has 0 bridgehead atoms. The van der Waals surface area contributed by atoms with Crippen LogP contribution in [0.2, 0.25) is 0 Å². The average molecular weight is 262 g/mol. The van der Waals surface area contributed by atoms with Crippen molar-refractivity contribution in [3.63, 3.8) is 0 Å². The Labute approximate surface area is 114 Å². The van der Waals surface area contributed by atoms with E-state index in [1.54, 1.807) is 0 Å². The summed E-state index contributed by atoms with van der Waals surface area (Å²) in [7, 11) is 0. The molecule has 1 aromatic carbocycles. The summed E-state index contributed by atoms with van der Waals surface area (Å²) in [6, 6.07) is 7.54. The van der Waals surface area contributed by atoms with E-state index in [1.807, 2.05) is 31.2 Å². The quantitative estimate of drug-likeness (QED) is 0.856. The van der Waals surface area contributed by atoms with Crippen molar-refractivity contribution in [3.8, 4) is 5.75 Å². The van der Waals surface area contributed by atoms with E-state index >= 15 is 0 Å². The second kappa shape index (κ2) is 6.57. The van der Waals surface area contributed by atoms with Crippen LogP contribution in [0.25, 0.3) is 0 Å². The summed E-state index contributed by atoms with van der Waals surface area (Å²) in [6.45, 7) is 3.10. The number of ether oxygens (including phenoxy) is 1. The average Bonchev–Trinajstić information content (AvgIpc) is 2.89. The minimum atomic E-state index is 0.0414. The Hall–Kier alpha value is -1.55. The van der Waals surface area contributed by atoms with Crippen molar-refractivity contribution in [2.75, 3.05) is 18.5 Å². The van der Waals surface area contributed by atoms with Crippen LogP contribution in [0.3, 0.4) is 0 Å². The molecule has 0 unspecified atom stereocenters. The number of hydrogen-bond donors (Lipinski definition) is 2. The lowest BCUT2D eigenvalue weighted by Crippen LogP contribution is -2.29. The van der Waals surface area contributed by atoms with E-state index in [2.05, 4.69) is 5.32 Å². The summed E-state index contributed by atoms with van der Waals surface area (Å²) in [6.07, 6.45) is 3.08. The molecule has 0 aromatic heterocycles. The molecule has 4 nitrogen and oxygen atoms in total. The Morgan fingerprint density at radius 2 is 2.21 bits per heavy atom. The van der Waals surface area contributed by atoms with Crippen molar-refractivity contribution in [1.29, 1.82) is 0 Å². The number of benzene rings is 1. The van der Waals surface area contributed by atoms with Gasteiger partial charge < -0.3 is 15.8 Å². The molecule has 0 radical (unpaired) electrons. The summed E-state index contributed by atoms with van der Waals surface area (Å²) < 4.78 is 5.51. The van der Waals surface area contributed by atoms with Crippen molar-refractivity contribution >= 4 is 11.6 Å². The topological polar surface area (TPSA) is 64.3 Å². The first kappa shape index (κ1) is 13.9. The maximum atomic E-state index is 12.3. The lowest BCUT2D eigenvalue weighted by atomic mass is 9.95. The molecule has 1 fully saturated rings. The van der Waals surface area contributed by atoms with E-state index in [4.69, 9.17) is 10.5 Å². The molecule has 2 rings (SSSR count). The number of nitrogens with one attached hydrogen (secondary N) is 1. The molecule has 1 amide bonds. The van der Waals surface area contributed by atoms with E-state index < -0.39 is 0 Å². The predicted molar refractivity (Wildman–Crippen MR) is 76.1 cm³/mol. The smallest absolute Gasteiger partial charge is 0.227 e. The van der Waals surface area contributed by atoms with E-state index in [-0.39, 0.29) is 11.8 Å². The number of hydrogen-bond acceptors (Lipinski definition) is 3. The zero-order valence-corrected chi connectivity index (χ0v) is 11.4. The van der Waals surface area contributed by atoms with Gasteiger partial charge in [0, 0.05) is 5.92 Å². The molecule has 0 aliphatic heterocycles. The largest absolute Gasteiger partial charge is 0.492 e. The molecule has 3 N–H and O–H groups in total. The molecular formula is C15H22N2O2. The Balaban J connectivity index is 2.06. The molecule has 0 spiro atoms. The number of amides is 1. The van der Waals surface area contributed by atoms with Crippen LogP contribution in [0.4, 0.5) is 5.69 Å². The number of para-hydroxylation sites is 2. The van der Waals surface area contributed by atoms with Crippen LogP contribution >= 0.6 is 0 Å². The van der Waals surface area contributed by atoms with E-state index in [0.29, 0.717) is 19.1 Å². The highest BCUT2D eigenvalue weighted by molar-refractivity contribution is 5.94.